The van der Waals surface area contributed by atoms with Gasteiger partial charge in [-0.05, 0) is 12.1 Å². The second kappa shape index (κ2) is 4.54. The van der Waals surface area contributed by atoms with Crippen molar-refractivity contribution < 1.29 is 19.7 Å². The van der Waals surface area contributed by atoms with Crippen molar-refractivity contribution in [1.82, 2.24) is 4.98 Å². The van der Waals surface area contributed by atoms with E-state index in [9.17, 15) is 4.79 Å². The number of aliphatic hydroxyl groups is 2. The molecule has 0 aliphatic heterocycles. The average Bonchev–Trinajstić information content (AvgIpc) is 2.18. The highest BCUT2D eigenvalue weighted by Crippen LogP contribution is 2.10. The van der Waals surface area contributed by atoms with Crippen molar-refractivity contribution in [2.24, 2.45) is 0 Å². The number of hydrogen-bond acceptors (Lipinski definition) is 5. The molecule has 0 fully saturated rings. The zero-order valence-corrected chi connectivity index (χ0v) is 7.47. The minimum absolute atomic E-state index is 0.250. The van der Waals surface area contributed by atoms with Crippen molar-refractivity contribution in [3.63, 3.8) is 0 Å². The summed E-state index contributed by atoms with van der Waals surface area (Å²) < 4.78 is 4.34. The molecule has 0 bridgehead atoms. The molecule has 0 unspecified atom stereocenters. The van der Waals surface area contributed by atoms with Gasteiger partial charge in [-0.3, -0.25) is 5.32 Å². The zero-order chi connectivity index (χ0) is 10.6. The average molecular weight is 198 g/mol. The third-order valence-corrected chi connectivity index (χ3v) is 1.50. The lowest BCUT2D eigenvalue weighted by Crippen LogP contribution is -2.12. The van der Waals surface area contributed by atoms with Gasteiger partial charge in [-0.2, -0.15) is 0 Å². The maximum atomic E-state index is 10.7. The van der Waals surface area contributed by atoms with Crippen molar-refractivity contribution in [2.75, 3.05) is 12.4 Å². The quantitative estimate of drug-likeness (QED) is 0.592. The summed E-state index contributed by atoms with van der Waals surface area (Å²) in [6, 6.07) is 2.87. The summed E-state index contributed by atoms with van der Waals surface area (Å²) in [4.78, 5) is 14.5. The summed E-state index contributed by atoms with van der Waals surface area (Å²) in [6.07, 6.45) is -0.944. The van der Waals surface area contributed by atoms with Gasteiger partial charge in [-0.25, -0.2) is 9.78 Å². The number of aromatic nitrogens is 1. The molecule has 0 aliphatic carbocycles. The number of ether oxygens (including phenoxy) is 1. The van der Waals surface area contributed by atoms with Crippen molar-refractivity contribution >= 4 is 11.9 Å². The number of hydrogen-bond donors (Lipinski definition) is 3. The predicted octanol–water partition coefficient (Wildman–Crippen LogP) is 0.243. The van der Waals surface area contributed by atoms with Crippen LogP contribution in [0.15, 0.2) is 18.3 Å². The molecule has 0 saturated heterocycles. The first-order valence-electron chi connectivity index (χ1n) is 3.80. The number of rotatable bonds is 2. The van der Waals surface area contributed by atoms with Crippen LogP contribution >= 0.6 is 0 Å². The highest BCUT2D eigenvalue weighted by molar-refractivity contribution is 5.83. The normalized spacial score (nSPS) is 10.0. The van der Waals surface area contributed by atoms with Gasteiger partial charge in [-0.15, -0.1) is 0 Å². The molecule has 0 radical (unpaired) electrons. The Labute approximate surface area is 80.2 Å². The van der Waals surface area contributed by atoms with Crippen LogP contribution < -0.4 is 5.32 Å². The van der Waals surface area contributed by atoms with Crippen LogP contribution in [0.3, 0.4) is 0 Å². The molecule has 76 valence electrons. The van der Waals surface area contributed by atoms with Gasteiger partial charge >= 0.3 is 6.09 Å². The lowest BCUT2D eigenvalue weighted by Gasteiger charge is -2.05. The Balaban J connectivity index is 2.69. The van der Waals surface area contributed by atoms with E-state index in [1.54, 1.807) is 0 Å². The number of methoxy groups -OCH3 is 1. The topological polar surface area (TPSA) is 91.7 Å². The Bertz CT molecular complexity index is 310. The number of nitrogens with one attached hydrogen (secondary N) is 1. The smallest absolute Gasteiger partial charge is 0.412 e. The monoisotopic (exact) mass is 198 g/mol. The molecule has 1 aromatic rings. The van der Waals surface area contributed by atoms with E-state index in [-0.39, 0.29) is 11.4 Å². The molecule has 1 rings (SSSR count). The first-order valence-corrected chi connectivity index (χ1v) is 3.80. The van der Waals surface area contributed by atoms with Gasteiger partial charge < -0.3 is 14.9 Å². The molecule has 0 aliphatic rings. The highest BCUT2D eigenvalue weighted by Gasteiger charge is 2.04. The van der Waals surface area contributed by atoms with Gasteiger partial charge in [0.25, 0.3) is 0 Å². The third-order valence-electron chi connectivity index (χ3n) is 1.50. The maximum Gasteiger partial charge on any atom is 0.412 e. The molecule has 0 spiro atoms. The molecule has 1 aromatic heterocycles. The van der Waals surface area contributed by atoms with Gasteiger partial charge in [0.05, 0.1) is 7.11 Å². The Hall–Kier alpha value is -1.66. The van der Waals surface area contributed by atoms with Crippen LogP contribution in [0.25, 0.3) is 0 Å². The Kier molecular flexibility index (Phi) is 3.38. The fourth-order valence-corrected chi connectivity index (χ4v) is 0.788. The summed E-state index contributed by atoms with van der Waals surface area (Å²) >= 11 is 0. The van der Waals surface area contributed by atoms with Crippen LogP contribution in [0.1, 0.15) is 11.9 Å². The van der Waals surface area contributed by atoms with Gasteiger partial charge in [0.15, 0.2) is 6.29 Å². The van der Waals surface area contributed by atoms with E-state index in [0.29, 0.717) is 0 Å². The number of carbonyl (C=O) groups excluding carboxylic acids is 1. The first kappa shape index (κ1) is 10.4. The summed E-state index contributed by atoms with van der Waals surface area (Å²) in [5, 5.41) is 19.8. The van der Waals surface area contributed by atoms with Crippen molar-refractivity contribution in [2.45, 2.75) is 6.29 Å². The van der Waals surface area contributed by atoms with Gasteiger partial charge in [0.2, 0.25) is 0 Å². The minimum Gasteiger partial charge on any atom is -0.453 e. The molecule has 1 heterocycles. The van der Waals surface area contributed by atoms with E-state index < -0.39 is 12.4 Å². The molecule has 6 heteroatoms. The van der Waals surface area contributed by atoms with Crippen LogP contribution in [-0.4, -0.2) is 28.4 Å². The molecule has 1 amide bonds. The molecule has 0 atom stereocenters. The van der Waals surface area contributed by atoms with Crippen LogP contribution in [-0.2, 0) is 4.74 Å². The minimum atomic E-state index is -1.56. The second-order valence-electron chi connectivity index (χ2n) is 2.47. The molecule has 0 saturated carbocycles. The number of aliphatic hydroxyl groups excluding tert-OH is 1. The third kappa shape index (κ3) is 2.68. The van der Waals surface area contributed by atoms with E-state index in [4.69, 9.17) is 10.2 Å². The largest absolute Gasteiger partial charge is 0.453 e. The maximum absolute atomic E-state index is 10.7. The van der Waals surface area contributed by atoms with Crippen LogP contribution in [0.2, 0.25) is 0 Å². The summed E-state index contributed by atoms with van der Waals surface area (Å²) in [5.74, 6) is 0.279. The highest BCUT2D eigenvalue weighted by atomic mass is 16.5. The van der Waals surface area contributed by atoms with E-state index in [0.717, 1.165) is 0 Å². The fraction of sp³-hybridized carbons (Fsp3) is 0.250. The fourth-order valence-electron chi connectivity index (χ4n) is 0.788. The summed E-state index contributed by atoms with van der Waals surface area (Å²) in [7, 11) is 1.24. The molecule has 6 nitrogen and oxygen atoms in total. The van der Waals surface area contributed by atoms with E-state index in [2.05, 4.69) is 15.0 Å². The molecule has 3 N–H and O–H groups in total. The first-order chi connectivity index (χ1) is 6.63. The Morgan fingerprint density at radius 1 is 1.57 bits per heavy atom. The lowest BCUT2D eigenvalue weighted by molar-refractivity contribution is -0.0427. The standard InChI is InChI=1S/C8H10N2O4/c1-14-8(13)10-6-3-2-5(4-9-6)7(11)12/h2-4,7,11-12H,1H3,(H,9,10,13). The number of anilines is 1. The van der Waals surface area contributed by atoms with Gasteiger partial charge in [0.1, 0.15) is 5.82 Å². The number of nitrogens with zero attached hydrogens (tertiary/aromatic N) is 1. The van der Waals surface area contributed by atoms with E-state index in [1.807, 2.05) is 0 Å². The molecular weight excluding hydrogens is 188 g/mol. The second-order valence-corrected chi connectivity index (χ2v) is 2.47. The van der Waals surface area contributed by atoms with Gasteiger partial charge in [-0.1, -0.05) is 0 Å². The van der Waals surface area contributed by atoms with E-state index >= 15 is 0 Å². The van der Waals surface area contributed by atoms with Crippen molar-refractivity contribution in [3.8, 4) is 0 Å². The SMILES string of the molecule is COC(=O)Nc1ccc(C(O)O)cn1. The molecular formula is C8H10N2O4. The van der Waals surface area contributed by atoms with Gasteiger partial charge in [0, 0.05) is 11.8 Å². The Morgan fingerprint density at radius 3 is 2.71 bits per heavy atom. The zero-order valence-electron chi connectivity index (χ0n) is 7.47. The van der Waals surface area contributed by atoms with Crippen LogP contribution in [0.5, 0.6) is 0 Å². The predicted molar refractivity (Wildman–Crippen MR) is 47.4 cm³/mol. The van der Waals surface area contributed by atoms with Crippen LogP contribution in [0, 0.1) is 0 Å². The van der Waals surface area contributed by atoms with Crippen LogP contribution in [0.4, 0.5) is 10.6 Å². The molecule has 14 heavy (non-hydrogen) atoms. The van der Waals surface area contributed by atoms with Crippen molar-refractivity contribution in [3.05, 3.63) is 23.9 Å². The molecule has 0 aromatic carbocycles. The Morgan fingerprint density at radius 2 is 2.29 bits per heavy atom. The van der Waals surface area contributed by atoms with E-state index in [1.165, 1.54) is 25.4 Å². The number of amides is 1. The summed E-state index contributed by atoms with van der Waals surface area (Å²) in [6.45, 7) is 0. The number of pyridine rings is 1. The lowest BCUT2D eigenvalue weighted by atomic mass is 10.3. The van der Waals surface area contributed by atoms with Crippen molar-refractivity contribution in [1.29, 1.82) is 0 Å². The number of carbonyl (C=O) groups is 1. The summed E-state index contributed by atoms with van der Waals surface area (Å²) in [5.41, 5.74) is 0.250.